The molecule has 0 aromatic carbocycles. The van der Waals surface area contributed by atoms with E-state index in [9.17, 15) is 8.42 Å². The predicted octanol–water partition coefficient (Wildman–Crippen LogP) is 3.13. The van der Waals surface area contributed by atoms with Gasteiger partial charge in [-0.2, -0.15) is 15.6 Å². The van der Waals surface area contributed by atoms with Crippen LogP contribution in [0.2, 0.25) is 0 Å². The molecule has 0 aliphatic heterocycles. The number of hydrogen-bond donors (Lipinski definition) is 1. The van der Waals surface area contributed by atoms with E-state index in [0.717, 1.165) is 10.4 Å². The Morgan fingerprint density at radius 1 is 1.29 bits per heavy atom. The summed E-state index contributed by atoms with van der Waals surface area (Å²) in [6.07, 6.45) is 0. The van der Waals surface area contributed by atoms with Crippen LogP contribution in [0.25, 0.3) is 0 Å². The van der Waals surface area contributed by atoms with E-state index < -0.39 is 10.0 Å². The van der Waals surface area contributed by atoms with Crippen molar-refractivity contribution in [3.8, 4) is 0 Å². The quantitative estimate of drug-likeness (QED) is 0.839. The van der Waals surface area contributed by atoms with Crippen LogP contribution in [-0.2, 0) is 23.1 Å². The molecular weight excluding hydrogens is 324 g/mol. The molecule has 0 saturated heterocycles. The smallest absolute Gasteiger partial charge is 0.244 e. The molecule has 2 heterocycles. The Hall–Kier alpha value is -0.730. The van der Waals surface area contributed by atoms with E-state index in [1.54, 1.807) is 24.5 Å². The average molecular weight is 345 g/mol. The Morgan fingerprint density at radius 3 is 2.67 bits per heavy atom. The zero-order valence-electron chi connectivity index (χ0n) is 12.4. The van der Waals surface area contributed by atoms with Gasteiger partial charge in [-0.05, 0) is 33.8 Å². The molecule has 4 nitrogen and oxygen atoms in total. The number of rotatable bonds is 7. The van der Waals surface area contributed by atoms with Crippen molar-refractivity contribution in [1.82, 2.24) is 9.62 Å². The zero-order chi connectivity index (χ0) is 15.5. The minimum Gasteiger partial charge on any atom is -0.310 e. The van der Waals surface area contributed by atoms with Gasteiger partial charge in [0.25, 0.3) is 0 Å². The fraction of sp³-hybridized carbons (Fsp3) is 0.429. The summed E-state index contributed by atoms with van der Waals surface area (Å²) in [6.45, 7) is 5.07. The number of nitrogens with zero attached hydrogens (tertiary/aromatic N) is 1. The second kappa shape index (κ2) is 7.02. The van der Waals surface area contributed by atoms with Gasteiger partial charge in [0.15, 0.2) is 0 Å². The Labute approximate surface area is 134 Å². The van der Waals surface area contributed by atoms with E-state index in [1.165, 1.54) is 15.6 Å². The van der Waals surface area contributed by atoms with Crippen LogP contribution in [-0.4, -0.2) is 25.8 Å². The molecular formula is C14H20N2O2S3. The summed E-state index contributed by atoms with van der Waals surface area (Å²) in [5, 5.41) is 9.04. The highest BCUT2D eigenvalue weighted by atomic mass is 32.2. The molecule has 1 N–H and O–H groups in total. The lowest BCUT2D eigenvalue weighted by Gasteiger charge is -2.17. The first-order valence-electron chi connectivity index (χ1n) is 6.68. The molecule has 21 heavy (non-hydrogen) atoms. The molecule has 2 rings (SSSR count). The molecule has 2 aromatic rings. The summed E-state index contributed by atoms with van der Waals surface area (Å²) >= 11 is 3.05. The van der Waals surface area contributed by atoms with Crippen LogP contribution < -0.4 is 5.32 Å². The van der Waals surface area contributed by atoms with E-state index in [-0.39, 0.29) is 0 Å². The number of sulfonamides is 1. The fourth-order valence-corrected chi connectivity index (χ4v) is 5.06. The number of nitrogens with one attached hydrogen (secondary N) is 1. The third-order valence-electron chi connectivity index (χ3n) is 3.05. The molecule has 0 aliphatic rings. The molecule has 7 heteroatoms. The molecule has 116 valence electrons. The highest BCUT2D eigenvalue weighted by molar-refractivity contribution is 7.89. The summed E-state index contributed by atoms with van der Waals surface area (Å²) in [7, 11) is -1.81. The maximum Gasteiger partial charge on any atom is 0.244 e. The SMILES string of the molecule is CC(C)NCc1sccc1S(=O)(=O)N(C)Cc1ccsc1. The fourth-order valence-electron chi connectivity index (χ4n) is 1.88. The third kappa shape index (κ3) is 4.14. The van der Waals surface area contributed by atoms with E-state index >= 15 is 0 Å². The maximum atomic E-state index is 12.7. The van der Waals surface area contributed by atoms with Gasteiger partial charge in [0, 0.05) is 31.1 Å². The number of thiophene rings is 2. The van der Waals surface area contributed by atoms with Crippen molar-refractivity contribution in [3.05, 3.63) is 38.7 Å². The summed E-state index contributed by atoms with van der Waals surface area (Å²) < 4.78 is 26.8. The summed E-state index contributed by atoms with van der Waals surface area (Å²) in [6, 6.07) is 3.97. The lowest BCUT2D eigenvalue weighted by molar-refractivity contribution is 0.466. The van der Waals surface area contributed by atoms with Gasteiger partial charge in [0.1, 0.15) is 0 Å². The van der Waals surface area contributed by atoms with Crippen LogP contribution in [0, 0.1) is 0 Å². The zero-order valence-corrected chi connectivity index (χ0v) is 14.8. The first-order chi connectivity index (χ1) is 9.91. The highest BCUT2D eigenvalue weighted by Crippen LogP contribution is 2.25. The van der Waals surface area contributed by atoms with Crippen molar-refractivity contribution in [2.24, 2.45) is 0 Å². The molecule has 0 atom stereocenters. The van der Waals surface area contributed by atoms with Crippen LogP contribution in [0.3, 0.4) is 0 Å². The highest BCUT2D eigenvalue weighted by Gasteiger charge is 2.25. The van der Waals surface area contributed by atoms with Gasteiger partial charge in [0.2, 0.25) is 10.0 Å². The molecule has 2 aromatic heterocycles. The van der Waals surface area contributed by atoms with E-state index in [4.69, 9.17) is 0 Å². The molecule has 0 saturated carbocycles. The summed E-state index contributed by atoms with van der Waals surface area (Å²) in [5.41, 5.74) is 1.02. The normalized spacial score (nSPS) is 12.4. The minimum absolute atomic E-state index is 0.325. The molecule has 0 aliphatic carbocycles. The van der Waals surface area contributed by atoms with Crippen molar-refractivity contribution < 1.29 is 8.42 Å². The second-order valence-electron chi connectivity index (χ2n) is 5.14. The monoisotopic (exact) mass is 344 g/mol. The van der Waals surface area contributed by atoms with Gasteiger partial charge in [-0.25, -0.2) is 8.42 Å². The van der Waals surface area contributed by atoms with Gasteiger partial charge in [0.05, 0.1) is 4.90 Å². The molecule has 0 unspecified atom stereocenters. The van der Waals surface area contributed by atoms with E-state index in [0.29, 0.717) is 24.0 Å². The van der Waals surface area contributed by atoms with Gasteiger partial charge >= 0.3 is 0 Å². The van der Waals surface area contributed by atoms with Crippen molar-refractivity contribution in [2.75, 3.05) is 7.05 Å². The lowest BCUT2D eigenvalue weighted by atomic mass is 10.3. The average Bonchev–Trinajstić information content (AvgIpc) is 3.06. The van der Waals surface area contributed by atoms with Crippen LogP contribution in [0.1, 0.15) is 24.3 Å². The molecule has 0 fully saturated rings. The van der Waals surface area contributed by atoms with Gasteiger partial charge in [-0.3, -0.25) is 0 Å². The predicted molar refractivity (Wildman–Crippen MR) is 89.3 cm³/mol. The van der Waals surface area contributed by atoms with Crippen molar-refractivity contribution >= 4 is 32.7 Å². The van der Waals surface area contributed by atoms with Crippen LogP contribution in [0.4, 0.5) is 0 Å². The third-order valence-corrected chi connectivity index (χ3v) is 6.72. The lowest BCUT2D eigenvalue weighted by Crippen LogP contribution is -2.28. The van der Waals surface area contributed by atoms with Crippen molar-refractivity contribution in [2.45, 2.75) is 37.9 Å². The van der Waals surface area contributed by atoms with E-state index in [1.807, 2.05) is 36.1 Å². The largest absolute Gasteiger partial charge is 0.310 e. The second-order valence-corrected chi connectivity index (χ2v) is 8.93. The molecule has 0 amide bonds. The molecule has 0 bridgehead atoms. The van der Waals surface area contributed by atoms with Crippen LogP contribution in [0.5, 0.6) is 0 Å². The van der Waals surface area contributed by atoms with Crippen molar-refractivity contribution in [3.63, 3.8) is 0 Å². The van der Waals surface area contributed by atoms with E-state index in [2.05, 4.69) is 5.32 Å². The Balaban J connectivity index is 2.17. The first kappa shape index (κ1) is 16.6. The van der Waals surface area contributed by atoms with Gasteiger partial charge in [-0.1, -0.05) is 13.8 Å². The summed E-state index contributed by atoms with van der Waals surface area (Å²) in [5.74, 6) is 0. The topological polar surface area (TPSA) is 49.4 Å². The van der Waals surface area contributed by atoms with Gasteiger partial charge < -0.3 is 5.32 Å². The van der Waals surface area contributed by atoms with Crippen LogP contribution in [0.15, 0.2) is 33.2 Å². The molecule has 0 spiro atoms. The summed E-state index contributed by atoms with van der Waals surface area (Å²) in [4.78, 5) is 1.28. The minimum atomic E-state index is -3.44. The standard InChI is InChI=1S/C14H20N2O2S3/c1-11(2)15-8-13-14(5-7-20-13)21(17,18)16(3)9-12-4-6-19-10-12/h4-7,10-11,15H,8-9H2,1-3H3. The van der Waals surface area contributed by atoms with Gasteiger partial charge in [-0.15, -0.1) is 11.3 Å². The molecule has 0 radical (unpaired) electrons. The van der Waals surface area contributed by atoms with Crippen LogP contribution >= 0.6 is 22.7 Å². The Bertz CT molecular complexity index is 660. The number of hydrogen-bond acceptors (Lipinski definition) is 5. The maximum absolute atomic E-state index is 12.7. The first-order valence-corrected chi connectivity index (χ1v) is 9.94. The Kier molecular flexibility index (Phi) is 5.56. The Morgan fingerprint density at radius 2 is 2.05 bits per heavy atom. The van der Waals surface area contributed by atoms with Crippen molar-refractivity contribution in [1.29, 1.82) is 0 Å².